The predicted octanol–water partition coefficient (Wildman–Crippen LogP) is 1.70. The van der Waals surface area contributed by atoms with Gasteiger partial charge in [0.25, 0.3) is 0 Å². The molecule has 20 heavy (non-hydrogen) atoms. The standard InChI is InChI=1S/C15H22N4O/c1-10-7-19(8-11(2)20-10)14-4-3-13-15(17-14)16-12-5-6-18(13)9-12/h3-4,10-12H,5-9H2,1-2H3,(H,16,17)/t10-,11+,12-/m1/s1. The highest BCUT2D eigenvalue weighted by atomic mass is 16.5. The normalized spacial score (nSPS) is 32.0. The van der Waals surface area contributed by atoms with Crippen LogP contribution in [0.3, 0.4) is 0 Å². The number of hydrogen-bond acceptors (Lipinski definition) is 5. The highest BCUT2D eigenvalue weighted by Gasteiger charge is 2.31. The minimum atomic E-state index is 0.268. The van der Waals surface area contributed by atoms with Gasteiger partial charge >= 0.3 is 0 Å². The summed E-state index contributed by atoms with van der Waals surface area (Å²) in [6.07, 6.45) is 1.76. The van der Waals surface area contributed by atoms with Gasteiger partial charge in [0.1, 0.15) is 5.82 Å². The van der Waals surface area contributed by atoms with E-state index in [-0.39, 0.29) is 12.2 Å². The molecule has 0 aliphatic carbocycles. The minimum absolute atomic E-state index is 0.268. The Balaban J connectivity index is 1.62. The molecule has 4 heterocycles. The lowest BCUT2D eigenvalue weighted by Crippen LogP contribution is -2.46. The monoisotopic (exact) mass is 274 g/mol. The van der Waals surface area contributed by atoms with Gasteiger partial charge in [0.15, 0.2) is 5.82 Å². The SMILES string of the molecule is C[C@@H]1CN(c2ccc3c(n2)N[C@@H]2CCN3C2)C[C@H](C)O1. The van der Waals surface area contributed by atoms with Gasteiger partial charge in [-0.1, -0.05) is 0 Å². The van der Waals surface area contributed by atoms with E-state index >= 15 is 0 Å². The van der Waals surface area contributed by atoms with Gasteiger partial charge in [-0.3, -0.25) is 0 Å². The minimum Gasteiger partial charge on any atom is -0.372 e. The van der Waals surface area contributed by atoms with Gasteiger partial charge in [-0.2, -0.15) is 0 Å². The highest BCUT2D eigenvalue weighted by molar-refractivity contribution is 5.72. The highest BCUT2D eigenvalue weighted by Crippen LogP contribution is 2.35. The first-order chi connectivity index (χ1) is 9.69. The molecule has 0 radical (unpaired) electrons. The molecular formula is C15H22N4O. The fourth-order valence-electron chi connectivity index (χ4n) is 3.63. The van der Waals surface area contributed by atoms with Crippen LogP contribution in [0.1, 0.15) is 20.3 Å². The Labute approximate surface area is 119 Å². The Hall–Kier alpha value is -1.49. The van der Waals surface area contributed by atoms with Crippen molar-refractivity contribution in [1.82, 2.24) is 4.98 Å². The number of aromatic nitrogens is 1. The van der Waals surface area contributed by atoms with E-state index in [1.165, 1.54) is 12.1 Å². The Bertz CT molecular complexity index is 511. The Morgan fingerprint density at radius 2 is 1.95 bits per heavy atom. The zero-order valence-electron chi connectivity index (χ0n) is 12.2. The summed E-state index contributed by atoms with van der Waals surface area (Å²) >= 11 is 0. The van der Waals surface area contributed by atoms with E-state index in [0.717, 1.165) is 37.8 Å². The summed E-state index contributed by atoms with van der Waals surface area (Å²) in [7, 11) is 0. The largest absolute Gasteiger partial charge is 0.372 e. The molecule has 1 aromatic heterocycles. The second-order valence-electron chi connectivity index (χ2n) is 6.28. The number of nitrogens with one attached hydrogen (secondary N) is 1. The van der Waals surface area contributed by atoms with Crippen LogP contribution in [-0.2, 0) is 4.74 Å². The lowest BCUT2D eigenvalue weighted by atomic mass is 10.2. The van der Waals surface area contributed by atoms with Crippen molar-refractivity contribution in [2.75, 3.05) is 41.3 Å². The maximum absolute atomic E-state index is 5.80. The van der Waals surface area contributed by atoms with Crippen LogP contribution in [0.25, 0.3) is 0 Å². The summed E-state index contributed by atoms with van der Waals surface area (Å²) in [4.78, 5) is 9.65. The number of anilines is 3. The molecule has 0 aromatic carbocycles. The number of morpholine rings is 1. The van der Waals surface area contributed by atoms with E-state index in [0.29, 0.717) is 6.04 Å². The quantitative estimate of drug-likeness (QED) is 0.844. The Morgan fingerprint density at radius 3 is 2.75 bits per heavy atom. The van der Waals surface area contributed by atoms with Crippen molar-refractivity contribution in [2.24, 2.45) is 0 Å². The van der Waals surface area contributed by atoms with Crippen LogP contribution < -0.4 is 15.1 Å². The number of ether oxygens (including phenoxy) is 1. The second-order valence-corrected chi connectivity index (χ2v) is 6.28. The number of pyridine rings is 1. The van der Waals surface area contributed by atoms with E-state index in [9.17, 15) is 0 Å². The van der Waals surface area contributed by atoms with Gasteiger partial charge in [-0.15, -0.1) is 0 Å². The lowest BCUT2D eigenvalue weighted by Gasteiger charge is -2.37. The number of fused-ring (bicyclic) bond motifs is 4. The fourth-order valence-corrected chi connectivity index (χ4v) is 3.63. The first-order valence-corrected chi connectivity index (χ1v) is 7.62. The smallest absolute Gasteiger partial charge is 0.152 e. The molecule has 3 aliphatic rings. The molecule has 2 fully saturated rings. The van der Waals surface area contributed by atoms with E-state index in [2.05, 4.69) is 41.1 Å². The van der Waals surface area contributed by atoms with Gasteiger partial charge in [0, 0.05) is 32.2 Å². The molecule has 2 bridgehead atoms. The summed E-state index contributed by atoms with van der Waals surface area (Å²) in [6.45, 7) is 8.38. The first-order valence-electron chi connectivity index (χ1n) is 7.62. The van der Waals surface area contributed by atoms with Gasteiger partial charge in [-0.05, 0) is 32.4 Å². The van der Waals surface area contributed by atoms with Crippen molar-refractivity contribution in [2.45, 2.75) is 38.5 Å². The molecule has 3 aliphatic heterocycles. The average Bonchev–Trinajstić information content (AvgIpc) is 2.80. The van der Waals surface area contributed by atoms with E-state index in [1.54, 1.807) is 0 Å². The third kappa shape index (κ3) is 2.00. The molecule has 5 nitrogen and oxygen atoms in total. The number of rotatable bonds is 1. The molecule has 2 saturated heterocycles. The molecule has 4 rings (SSSR count). The molecule has 1 aromatic rings. The molecular weight excluding hydrogens is 252 g/mol. The van der Waals surface area contributed by atoms with E-state index in [4.69, 9.17) is 9.72 Å². The summed E-state index contributed by atoms with van der Waals surface area (Å²) in [5.74, 6) is 2.13. The zero-order chi connectivity index (χ0) is 13.7. The molecule has 108 valence electrons. The third-order valence-electron chi connectivity index (χ3n) is 4.47. The van der Waals surface area contributed by atoms with Crippen LogP contribution in [-0.4, -0.2) is 49.4 Å². The molecule has 0 saturated carbocycles. The van der Waals surface area contributed by atoms with Crippen LogP contribution in [0.4, 0.5) is 17.3 Å². The van der Waals surface area contributed by atoms with Gasteiger partial charge in [0.05, 0.1) is 17.9 Å². The van der Waals surface area contributed by atoms with Crippen molar-refractivity contribution in [1.29, 1.82) is 0 Å². The van der Waals surface area contributed by atoms with Crippen molar-refractivity contribution in [3.05, 3.63) is 12.1 Å². The zero-order valence-corrected chi connectivity index (χ0v) is 12.2. The lowest BCUT2D eigenvalue weighted by molar-refractivity contribution is -0.00545. The second kappa shape index (κ2) is 4.52. The number of nitrogens with zero attached hydrogens (tertiary/aromatic N) is 3. The summed E-state index contributed by atoms with van der Waals surface area (Å²) in [6, 6.07) is 4.95. The van der Waals surface area contributed by atoms with Crippen LogP contribution in [0, 0.1) is 0 Å². The molecule has 3 atom stereocenters. The molecule has 0 unspecified atom stereocenters. The Morgan fingerprint density at radius 1 is 1.15 bits per heavy atom. The van der Waals surface area contributed by atoms with Gasteiger partial charge < -0.3 is 19.9 Å². The summed E-state index contributed by atoms with van der Waals surface area (Å²) < 4.78 is 5.80. The molecule has 1 N–H and O–H groups in total. The maximum Gasteiger partial charge on any atom is 0.152 e. The summed E-state index contributed by atoms with van der Waals surface area (Å²) in [5, 5.41) is 3.58. The van der Waals surface area contributed by atoms with Crippen molar-refractivity contribution in [3.63, 3.8) is 0 Å². The summed E-state index contributed by atoms with van der Waals surface area (Å²) in [5.41, 5.74) is 1.26. The topological polar surface area (TPSA) is 40.6 Å². The van der Waals surface area contributed by atoms with Crippen molar-refractivity contribution in [3.8, 4) is 0 Å². The molecule has 5 heteroatoms. The average molecular weight is 274 g/mol. The number of hydrogen-bond donors (Lipinski definition) is 1. The van der Waals surface area contributed by atoms with Crippen molar-refractivity contribution < 1.29 is 4.74 Å². The van der Waals surface area contributed by atoms with Crippen LogP contribution in [0.5, 0.6) is 0 Å². The molecule has 0 amide bonds. The van der Waals surface area contributed by atoms with Gasteiger partial charge in [-0.25, -0.2) is 4.98 Å². The van der Waals surface area contributed by atoms with Crippen LogP contribution in [0.15, 0.2) is 12.1 Å². The van der Waals surface area contributed by atoms with E-state index in [1.807, 2.05) is 0 Å². The van der Waals surface area contributed by atoms with E-state index < -0.39 is 0 Å². The predicted molar refractivity (Wildman–Crippen MR) is 80.7 cm³/mol. The third-order valence-corrected chi connectivity index (χ3v) is 4.47. The maximum atomic E-state index is 5.80. The first kappa shape index (κ1) is 12.3. The molecule has 0 spiro atoms. The van der Waals surface area contributed by atoms with Crippen molar-refractivity contribution >= 4 is 17.3 Å². The Kier molecular flexibility index (Phi) is 2.77. The van der Waals surface area contributed by atoms with Gasteiger partial charge in [0.2, 0.25) is 0 Å². The fraction of sp³-hybridized carbons (Fsp3) is 0.667. The van der Waals surface area contributed by atoms with Crippen LogP contribution >= 0.6 is 0 Å². The van der Waals surface area contributed by atoms with Crippen LogP contribution in [0.2, 0.25) is 0 Å².